The van der Waals surface area contributed by atoms with Crippen molar-refractivity contribution in [3.8, 4) is 17.6 Å². The van der Waals surface area contributed by atoms with Crippen molar-refractivity contribution in [2.24, 2.45) is 0 Å². The molecule has 0 atom stereocenters. The van der Waals surface area contributed by atoms with E-state index >= 15 is 0 Å². The molecule has 0 N–H and O–H groups in total. The molecule has 1 aromatic carbocycles. The molecule has 0 saturated heterocycles. The average Bonchev–Trinajstić information content (AvgIpc) is 2.37. The van der Waals surface area contributed by atoms with E-state index in [0.29, 0.717) is 0 Å². The molecule has 86 valence electrons. The Morgan fingerprint density at radius 3 is 2.53 bits per heavy atom. The molecule has 0 aromatic heterocycles. The molecule has 1 nitrogen and oxygen atoms in total. The first-order valence-corrected chi connectivity index (χ1v) is 5.41. The lowest BCUT2D eigenvalue weighted by Crippen LogP contribution is -1.82. The molecule has 0 saturated carbocycles. The summed E-state index contributed by atoms with van der Waals surface area (Å²) in [6.45, 7) is 5.63. The molecule has 0 radical (unpaired) electrons. The van der Waals surface area contributed by atoms with Crippen LogP contribution in [0.5, 0.6) is 5.75 Å². The molecule has 0 spiro atoms. The van der Waals surface area contributed by atoms with Crippen LogP contribution in [0.3, 0.4) is 0 Å². The highest BCUT2D eigenvalue weighted by atomic mass is 16.5. The fraction of sp³-hybridized carbons (Fsp3) is 0.125. The van der Waals surface area contributed by atoms with E-state index in [9.17, 15) is 0 Å². The molecule has 0 aliphatic rings. The van der Waals surface area contributed by atoms with Crippen LogP contribution < -0.4 is 4.74 Å². The second kappa shape index (κ2) is 7.14. The van der Waals surface area contributed by atoms with Crippen LogP contribution in [-0.4, -0.2) is 7.11 Å². The number of hydrogen-bond donors (Lipinski definition) is 0. The minimum absolute atomic E-state index is 0.839. The lowest BCUT2D eigenvalue weighted by atomic mass is 10.2. The second-order valence-electron chi connectivity index (χ2n) is 3.34. The Morgan fingerprint density at radius 1 is 1.29 bits per heavy atom. The second-order valence-corrected chi connectivity index (χ2v) is 3.34. The zero-order chi connectivity index (χ0) is 12.5. The van der Waals surface area contributed by atoms with Gasteiger partial charge >= 0.3 is 0 Å². The minimum atomic E-state index is 0.839. The Balaban J connectivity index is 2.88. The minimum Gasteiger partial charge on any atom is -0.497 e. The number of benzene rings is 1. The van der Waals surface area contributed by atoms with Gasteiger partial charge in [-0.25, -0.2) is 0 Å². The molecule has 1 rings (SSSR count). The maximum atomic E-state index is 5.09. The van der Waals surface area contributed by atoms with E-state index in [1.165, 1.54) is 0 Å². The van der Waals surface area contributed by atoms with Gasteiger partial charge in [-0.15, -0.1) is 0 Å². The molecule has 0 amide bonds. The zero-order valence-corrected chi connectivity index (χ0v) is 10.2. The van der Waals surface area contributed by atoms with E-state index < -0.39 is 0 Å². The maximum absolute atomic E-state index is 5.09. The molecule has 0 bridgehead atoms. The quantitative estimate of drug-likeness (QED) is 0.561. The predicted molar refractivity (Wildman–Crippen MR) is 73.0 cm³/mol. The maximum Gasteiger partial charge on any atom is 0.118 e. The van der Waals surface area contributed by atoms with Crippen LogP contribution in [0.2, 0.25) is 0 Å². The van der Waals surface area contributed by atoms with Crippen molar-refractivity contribution >= 4 is 0 Å². The van der Waals surface area contributed by atoms with Gasteiger partial charge in [0.2, 0.25) is 0 Å². The summed E-state index contributed by atoms with van der Waals surface area (Å²) in [4.78, 5) is 0. The Hall–Kier alpha value is -2.20. The van der Waals surface area contributed by atoms with Crippen molar-refractivity contribution in [2.75, 3.05) is 7.11 Å². The van der Waals surface area contributed by atoms with E-state index in [0.717, 1.165) is 16.9 Å². The van der Waals surface area contributed by atoms with Gasteiger partial charge in [0.05, 0.1) is 7.11 Å². The molecule has 0 heterocycles. The topological polar surface area (TPSA) is 9.23 Å². The third-order valence-electron chi connectivity index (χ3n) is 2.08. The summed E-state index contributed by atoms with van der Waals surface area (Å²) < 4.78 is 5.09. The van der Waals surface area contributed by atoms with Crippen LogP contribution in [0.15, 0.2) is 60.7 Å². The molecule has 1 heteroatoms. The summed E-state index contributed by atoms with van der Waals surface area (Å²) in [5, 5.41) is 0. The van der Waals surface area contributed by atoms with Crippen LogP contribution in [0.25, 0.3) is 0 Å². The van der Waals surface area contributed by atoms with Crippen LogP contribution >= 0.6 is 0 Å². The number of allylic oxidation sites excluding steroid dienone is 5. The summed E-state index contributed by atoms with van der Waals surface area (Å²) in [6, 6.07) is 7.67. The first-order chi connectivity index (χ1) is 8.30. The average molecular weight is 224 g/mol. The van der Waals surface area contributed by atoms with E-state index in [1.54, 1.807) is 13.2 Å². The Labute approximate surface area is 103 Å². The van der Waals surface area contributed by atoms with Crippen molar-refractivity contribution in [1.29, 1.82) is 0 Å². The molecule has 17 heavy (non-hydrogen) atoms. The van der Waals surface area contributed by atoms with Gasteiger partial charge in [0.1, 0.15) is 5.75 Å². The highest BCUT2D eigenvalue weighted by Crippen LogP contribution is 2.10. The summed E-state index contributed by atoms with van der Waals surface area (Å²) in [5.41, 5.74) is 1.91. The Kier molecular flexibility index (Phi) is 5.40. The SMILES string of the molecule is C=C/C=C(C#Cc1ccc(OC)cc1)\C=C/C. The van der Waals surface area contributed by atoms with E-state index in [4.69, 9.17) is 4.74 Å². The molecular formula is C16H16O. The van der Waals surface area contributed by atoms with E-state index in [-0.39, 0.29) is 0 Å². The van der Waals surface area contributed by atoms with Crippen molar-refractivity contribution in [1.82, 2.24) is 0 Å². The van der Waals surface area contributed by atoms with Crippen LogP contribution in [-0.2, 0) is 0 Å². The Morgan fingerprint density at radius 2 is 2.00 bits per heavy atom. The number of ether oxygens (including phenoxy) is 1. The van der Waals surface area contributed by atoms with Gasteiger partial charge in [0.15, 0.2) is 0 Å². The summed E-state index contributed by atoms with van der Waals surface area (Å²) in [6.07, 6.45) is 7.53. The summed E-state index contributed by atoms with van der Waals surface area (Å²) >= 11 is 0. The van der Waals surface area contributed by atoms with Gasteiger partial charge in [0.25, 0.3) is 0 Å². The lowest BCUT2D eigenvalue weighted by Gasteiger charge is -1.97. The molecule has 0 unspecified atom stereocenters. The molecular weight excluding hydrogens is 208 g/mol. The van der Waals surface area contributed by atoms with Crippen molar-refractivity contribution in [2.45, 2.75) is 6.92 Å². The third-order valence-corrected chi connectivity index (χ3v) is 2.08. The van der Waals surface area contributed by atoms with E-state index in [1.807, 2.05) is 49.4 Å². The van der Waals surface area contributed by atoms with Crippen molar-refractivity contribution < 1.29 is 4.74 Å². The van der Waals surface area contributed by atoms with Gasteiger partial charge in [-0.05, 0) is 37.3 Å². The fourth-order valence-corrected chi connectivity index (χ4v) is 1.26. The first-order valence-electron chi connectivity index (χ1n) is 5.41. The van der Waals surface area contributed by atoms with Gasteiger partial charge in [-0.2, -0.15) is 0 Å². The first kappa shape index (κ1) is 12.9. The molecule has 0 aliphatic heterocycles. The number of rotatable bonds is 3. The predicted octanol–water partition coefficient (Wildman–Crippen LogP) is 3.74. The summed E-state index contributed by atoms with van der Waals surface area (Å²) in [7, 11) is 1.65. The monoisotopic (exact) mass is 224 g/mol. The van der Waals surface area contributed by atoms with Gasteiger partial charge in [-0.1, -0.05) is 36.6 Å². The molecule has 1 aromatic rings. The number of hydrogen-bond acceptors (Lipinski definition) is 1. The van der Waals surface area contributed by atoms with Gasteiger partial charge in [0, 0.05) is 11.1 Å². The van der Waals surface area contributed by atoms with Crippen LogP contribution in [0, 0.1) is 11.8 Å². The smallest absolute Gasteiger partial charge is 0.118 e. The zero-order valence-electron chi connectivity index (χ0n) is 10.2. The van der Waals surface area contributed by atoms with Crippen molar-refractivity contribution in [3.63, 3.8) is 0 Å². The highest BCUT2D eigenvalue weighted by Gasteiger charge is 1.90. The fourth-order valence-electron chi connectivity index (χ4n) is 1.26. The van der Waals surface area contributed by atoms with Crippen molar-refractivity contribution in [3.05, 3.63) is 66.3 Å². The Bertz CT molecular complexity index is 478. The normalized spacial score (nSPS) is 10.8. The molecule has 0 fully saturated rings. The molecule has 0 aliphatic carbocycles. The van der Waals surface area contributed by atoms with Gasteiger partial charge < -0.3 is 4.74 Å². The summed E-state index contributed by atoms with van der Waals surface area (Å²) in [5.74, 6) is 7.02. The van der Waals surface area contributed by atoms with E-state index in [2.05, 4.69) is 18.4 Å². The highest BCUT2D eigenvalue weighted by molar-refractivity contribution is 5.47. The van der Waals surface area contributed by atoms with Gasteiger partial charge in [-0.3, -0.25) is 0 Å². The lowest BCUT2D eigenvalue weighted by molar-refractivity contribution is 0.415. The standard InChI is InChI=1S/C16H16O/c1-4-6-14(7-5-2)8-9-15-10-12-16(17-3)13-11-15/h4-7,10-13H,1H2,2-3H3/b7-5-,14-6+. The van der Waals surface area contributed by atoms with Crippen LogP contribution in [0.4, 0.5) is 0 Å². The van der Waals surface area contributed by atoms with Crippen LogP contribution in [0.1, 0.15) is 12.5 Å². The number of methoxy groups -OCH3 is 1. The third kappa shape index (κ3) is 4.44. The largest absolute Gasteiger partial charge is 0.497 e.